The van der Waals surface area contributed by atoms with Gasteiger partial charge in [-0.05, 0) is 71.7 Å². The summed E-state index contributed by atoms with van der Waals surface area (Å²) >= 11 is 6.92. The Morgan fingerprint density at radius 2 is 1.09 bits per heavy atom. The molecule has 2 heteroatoms. The number of benzene rings is 5. The fourth-order valence-corrected chi connectivity index (χ4v) is 4.44. The molecule has 170 valence electrons. The molecule has 0 aromatic heterocycles. The third-order valence-electron chi connectivity index (χ3n) is 6.02. The molecule has 5 rings (SSSR count). The molecule has 0 bridgehead atoms. The Bertz CT molecular complexity index is 1380. The zero-order chi connectivity index (χ0) is 24.0. The summed E-state index contributed by atoms with van der Waals surface area (Å²) in [7, 11) is 0. The predicted molar refractivity (Wildman–Crippen MR) is 151 cm³/mol. The molecule has 0 heterocycles. The number of nitrogens with zero attached hydrogens (tertiary/aromatic N) is 1. The highest BCUT2D eigenvalue weighted by atomic mass is 35.5. The van der Waals surface area contributed by atoms with Crippen molar-refractivity contribution >= 4 is 40.3 Å². The molecule has 0 fully saturated rings. The van der Waals surface area contributed by atoms with E-state index in [2.05, 4.69) is 127 Å². The average Bonchev–Trinajstić information content (AvgIpc) is 2.91. The van der Waals surface area contributed by atoms with Gasteiger partial charge in [0, 0.05) is 22.1 Å². The maximum Gasteiger partial charge on any atom is 0.0499 e. The lowest BCUT2D eigenvalue weighted by molar-refractivity contribution is 1.28. The van der Waals surface area contributed by atoms with E-state index in [9.17, 15) is 0 Å². The first-order valence-electron chi connectivity index (χ1n) is 11.7. The lowest BCUT2D eigenvalue weighted by Gasteiger charge is -2.25. The molecule has 0 amide bonds. The summed E-state index contributed by atoms with van der Waals surface area (Å²) in [6.45, 7) is 2.11. The van der Waals surface area contributed by atoms with Gasteiger partial charge in [0.25, 0.3) is 0 Å². The highest BCUT2D eigenvalue weighted by Crippen LogP contribution is 2.37. The molecule has 0 aliphatic heterocycles. The van der Waals surface area contributed by atoms with E-state index >= 15 is 0 Å². The van der Waals surface area contributed by atoms with Gasteiger partial charge in [0.05, 0.1) is 0 Å². The molecule has 0 saturated heterocycles. The second-order valence-corrected chi connectivity index (χ2v) is 8.91. The number of hydrogen-bond donors (Lipinski definition) is 0. The summed E-state index contributed by atoms with van der Waals surface area (Å²) in [6.07, 6.45) is 2.18. The van der Waals surface area contributed by atoms with Crippen LogP contribution in [0.25, 0.3) is 11.6 Å². The quantitative estimate of drug-likeness (QED) is 0.223. The average molecular weight is 472 g/mol. The van der Waals surface area contributed by atoms with Crippen LogP contribution >= 0.6 is 11.6 Å². The first-order valence-corrected chi connectivity index (χ1v) is 12.1. The maximum atomic E-state index is 6.92. The summed E-state index contributed by atoms with van der Waals surface area (Å²) < 4.78 is 0. The van der Waals surface area contributed by atoms with Crippen molar-refractivity contribution in [2.45, 2.75) is 6.92 Å². The molecule has 35 heavy (non-hydrogen) atoms. The molecule has 1 nitrogen and oxygen atoms in total. The molecule has 0 aliphatic rings. The van der Waals surface area contributed by atoms with Crippen LogP contribution in [0.3, 0.4) is 0 Å². The number of aryl methyl sites for hydroxylation is 1. The van der Waals surface area contributed by atoms with Gasteiger partial charge in [0.15, 0.2) is 0 Å². The minimum atomic E-state index is 0.708. The van der Waals surface area contributed by atoms with Crippen LogP contribution in [-0.4, -0.2) is 0 Å². The van der Waals surface area contributed by atoms with Crippen LogP contribution in [0, 0.1) is 6.92 Å². The number of para-hydroxylation sites is 2. The van der Waals surface area contributed by atoms with Crippen molar-refractivity contribution in [1.82, 2.24) is 0 Å². The summed E-state index contributed by atoms with van der Waals surface area (Å²) in [5.74, 6) is 0. The third kappa shape index (κ3) is 5.21. The SMILES string of the molecule is Cc1ccc(/C(=C/c2ccc(N(c3ccccc3)c3ccccc3)cc2Cl)c2ccccc2)cc1. The minimum absolute atomic E-state index is 0.708. The van der Waals surface area contributed by atoms with Crippen molar-refractivity contribution < 1.29 is 0 Å². The first-order chi connectivity index (χ1) is 17.2. The zero-order valence-electron chi connectivity index (χ0n) is 19.6. The lowest BCUT2D eigenvalue weighted by Crippen LogP contribution is -2.09. The Morgan fingerprint density at radius 3 is 1.63 bits per heavy atom. The van der Waals surface area contributed by atoms with E-state index in [0.29, 0.717) is 5.02 Å². The van der Waals surface area contributed by atoms with E-state index in [-0.39, 0.29) is 0 Å². The number of anilines is 3. The molecule has 0 aliphatic carbocycles. The van der Waals surface area contributed by atoms with E-state index in [4.69, 9.17) is 11.6 Å². The maximum absolute atomic E-state index is 6.92. The van der Waals surface area contributed by atoms with Gasteiger partial charge in [-0.3, -0.25) is 0 Å². The normalized spacial score (nSPS) is 11.3. The highest BCUT2D eigenvalue weighted by molar-refractivity contribution is 6.32. The fourth-order valence-electron chi connectivity index (χ4n) is 4.21. The van der Waals surface area contributed by atoms with Gasteiger partial charge in [-0.1, -0.05) is 114 Å². The molecule has 0 atom stereocenters. The first kappa shape index (κ1) is 22.7. The second-order valence-electron chi connectivity index (χ2n) is 8.50. The van der Waals surface area contributed by atoms with Crippen LogP contribution < -0.4 is 4.90 Å². The van der Waals surface area contributed by atoms with E-state index < -0.39 is 0 Å². The Balaban J connectivity index is 1.59. The minimum Gasteiger partial charge on any atom is -0.310 e. The van der Waals surface area contributed by atoms with Crippen molar-refractivity contribution in [3.63, 3.8) is 0 Å². The van der Waals surface area contributed by atoms with E-state index in [1.165, 1.54) is 5.56 Å². The predicted octanol–water partition coefficient (Wildman–Crippen LogP) is 9.71. The Hall–Kier alpha value is -4.07. The molecular formula is C33H26ClN. The number of rotatable bonds is 6. The molecular weight excluding hydrogens is 446 g/mol. The van der Waals surface area contributed by atoms with E-state index in [0.717, 1.165) is 39.3 Å². The molecule has 0 N–H and O–H groups in total. The molecule has 0 unspecified atom stereocenters. The smallest absolute Gasteiger partial charge is 0.0499 e. The monoisotopic (exact) mass is 471 g/mol. The van der Waals surface area contributed by atoms with E-state index in [1.807, 2.05) is 24.3 Å². The van der Waals surface area contributed by atoms with Crippen LogP contribution in [-0.2, 0) is 0 Å². The summed E-state index contributed by atoms with van der Waals surface area (Å²) in [4.78, 5) is 2.22. The van der Waals surface area contributed by atoms with Crippen LogP contribution in [0.5, 0.6) is 0 Å². The van der Waals surface area contributed by atoms with Gasteiger partial charge in [-0.2, -0.15) is 0 Å². The fraction of sp³-hybridized carbons (Fsp3) is 0.0303. The molecule has 0 radical (unpaired) electrons. The third-order valence-corrected chi connectivity index (χ3v) is 6.35. The standard InChI is InChI=1S/C33H26ClN/c1-25-17-19-27(20-18-25)32(26-11-5-2-6-12-26)23-28-21-22-31(24-33(28)34)35(29-13-7-3-8-14-29)30-15-9-4-10-16-30/h2-24H,1H3/b32-23+. The van der Waals surface area contributed by atoms with Crippen LogP contribution in [0.1, 0.15) is 22.3 Å². The summed E-state index contributed by atoms with van der Waals surface area (Å²) in [6, 6.07) is 46.1. The van der Waals surface area contributed by atoms with Crippen molar-refractivity contribution in [2.75, 3.05) is 4.90 Å². The van der Waals surface area contributed by atoms with Gasteiger partial charge < -0.3 is 4.90 Å². The van der Waals surface area contributed by atoms with Crippen molar-refractivity contribution in [2.24, 2.45) is 0 Å². The molecule has 5 aromatic rings. The number of hydrogen-bond acceptors (Lipinski definition) is 1. The summed E-state index contributed by atoms with van der Waals surface area (Å²) in [5, 5.41) is 0.708. The largest absolute Gasteiger partial charge is 0.310 e. The van der Waals surface area contributed by atoms with Crippen LogP contribution in [0.4, 0.5) is 17.1 Å². The van der Waals surface area contributed by atoms with Gasteiger partial charge in [-0.25, -0.2) is 0 Å². The Morgan fingerprint density at radius 1 is 0.571 bits per heavy atom. The van der Waals surface area contributed by atoms with Gasteiger partial charge >= 0.3 is 0 Å². The summed E-state index contributed by atoms with van der Waals surface area (Å²) in [5.41, 5.74) is 8.87. The van der Waals surface area contributed by atoms with Crippen molar-refractivity contribution in [1.29, 1.82) is 0 Å². The van der Waals surface area contributed by atoms with Crippen LogP contribution in [0.2, 0.25) is 5.02 Å². The molecule has 0 spiro atoms. The number of halogens is 1. The molecule has 5 aromatic carbocycles. The Kier molecular flexibility index (Phi) is 6.79. The van der Waals surface area contributed by atoms with Gasteiger partial charge in [0.2, 0.25) is 0 Å². The van der Waals surface area contributed by atoms with Crippen molar-refractivity contribution in [3.8, 4) is 0 Å². The second kappa shape index (κ2) is 10.5. The molecule has 0 saturated carbocycles. The topological polar surface area (TPSA) is 3.24 Å². The lowest BCUT2D eigenvalue weighted by atomic mass is 9.95. The van der Waals surface area contributed by atoms with Crippen LogP contribution in [0.15, 0.2) is 133 Å². The Labute approximate surface area is 212 Å². The van der Waals surface area contributed by atoms with E-state index in [1.54, 1.807) is 0 Å². The highest BCUT2D eigenvalue weighted by Gasteiger charge is 2.14. The van der Waals surface area contributed by atoms with Gasteiger partial charge in [0.1, 0.15) is 0 Å². The van der Waals surface area contributed by atoms with Gasteiger partial charge in [-0.15, -0.1) is 0 Å². The van der Waals surface area contributed by atoms with Crippen molar-refractivity contribution in [3.05, 3.63) is 161 Å². The zero-order valence-corrected chi connectivity index (χ0v) is 20.4.